The van der Waals surface area contributed by atoms with Crippen LogP contribution in [0.2, 0.25) is 0 Å². The minimum Gasteiger partial charge on any atom is -0.390 e. The number of likely N-dealkylation sites (tertiary alicyclic amines) is 1. The van der Waals surface area contributed by atoms with Crippen LogP contribution in [0, 0.1) is 13.8 Å². The molecule has 2 aromatic heterocycles. The number of rotatable bonds is 1. The molecular formula is C23H25N3O2S2. The Hall–Kier alpha value is -2.38. The van der Waals surface area contributed by atoms with Crippen LogP contribution in [-0.4, -0.2) is 39.9 Å². The average molecular weight is 440 g/mol. The normalized spacial score (nSPS) is 17.4. The van der Waals surface area contributed by atoms with E-state index in [0.717, 1.165) is 63.8 Å². The Kier molecular flexibility index (Phi) is 5.84. The van der Waals surface area contributed by atoms with Crippen LogP contribution >= 0.6 is 23.1 Å². The molecule has 7 heteroatoms. The second-order valence-electron chi connectivity index (χ2n) is 7.97. The number of hydrogen-bond donors (Lipinski definition) is 1. The highest BCUT2D eigenvalue weighted by molar-refractivity contribution is 8.01. The standard InChI is InChI=1S/C15H17NO2S.C8H8N2S/c1-11-2-3-14-12(8-11)13(18)9-15(19-14)4-6-16(10-17)7-5-15;1-5-6-3-2-4-10-8(6)11-7(5)9/h2-3,8,10H,4-7,9H2,1H3;2-4H,9H2,1H3. The van der Waals surface area contributed by atoms with Crippen LogP contribution in [0.15, 0.2) is 41.4 Å². The van der Waals surface area contributed by atoms with E-state index in [1.54, 1.807) is 22.4 Å². The van der Waals surface area contributed by atoms with E-state index in [4.69, 9.17) is 5.73 Å². The van der Waals surface area contributed by atoms with Crippen molar-refractivity contribution in [2.45, 2.75) is 42.8 Å². The molecule has 1 amide bonds. The Balaban J connectivity index is 0.000000168. The molecule has 2 aliphatic rings. The first-order valence-electron chi connectivity index (χ1n) is 10.0. The van der Waals surface area contributed by atoms with Gasteiger partial charge in [-0.05, 0) is 50.5 Å². The Morgan fingerprint density at radius 2 is 1.97 bits per heavy atom. The number of benzene rings is 1. The number of ketones is 1. The molecule has 1 spiro atoms. The Morgan fingerprint density at radius 1 is 1.20 bits per heavy atom. The molecule has 0 atom stereocenters. The number of thioether (sulfide) groups is 1. The van der Waals surface area contributed by atoms with Crippen molar-refractivity contribution in [3.63, 3.8) is 0 Å². The molecule has 1 saturated heterocycles. The zero-order valence-corrected chi connectivity index (χ0v) is 18.8. The lowest BCUT2D eigenvalue weighted by atomic mass is 9.88. The van der Waals surface area contributed by atoms with Crippen molar-refractivity contribution in [1.82, 2.24) is 9.88 Å². The van der Waals surface area contributed by atoms with Gasteiger partial charge in [-0.2, -0.15) is 0 Å². The van der Waals surface area contributed by atoms with Crippen molar-refractivity contribution < 1.29 is 9.59 Å². The quantitative estimate of drug-likeness (QED) is 0.549. The van der Waals surface area contributed by atoms with Gasteiger partial charge in [-0.3, -0.25) is 9.59 Å². The molecule has 1 fully saturated rings. The fourth-order valence-corrected chi connectivity index (χ4v) is 6.39. The van der Waals surface area contributed by atoms with E-state index in [2.05, 4.69) is 17.1 Å². The molecule has 0 unspecified atom stereocenters. The summed E-state index contributed by atoms with van der Waals surface area (Å²) in [6.45, 7) is 5.58. The van der Waals surface area contributed by atoms with Gasteiger partial charge in [-0.15, -0.1) is 11.8 Å². The second kappa shape index (κ2) is 8.40. The number of thiophene rings is 1. The van der Waals surface area contributed by atoms with Crippen molar-refractivity contribution in [3.05, 3.63) is 53.2 Å². The summed E-state index contributed by atoms with van der Waals surface area (Å²) in [6.07, 6.45) is 5.14. The van der Waals surface area contributed by atoms with Crippen molar-refractivity contribution >= 4 is 50.5 Å². The smallest absolute Gasteiger partial charge is 0.209 e. The van der Waals surface area contributed by atoms with E-state index in [1.807, 2.05) is 43.8 Å². The topological polar surface area (TPSA) is 76.3 Å². The third-order valence-corrected chi connectivity index (χ3v) is 8.46. The lowest BCUT2D eigenvalue weighted by Gasteiger charge is -2.42. The second-order valence-corrected chi connectivity index (χ2v) is 10.5. The third kappa shape index (κ3) is 4.09. The predicted molar refractivity (Wildman–Crippen MR) is 124 cm³/mol. The number of Topliss-reactive ketones (excluding diaryl/α,β-unsaturated/α-hetero) is 1. The lowest BCUT2D eigenvalue weighted by molar-refractivity contribution is -0.119. The molecule has 30 heavy (non-hydrogen) atoms. The number of amides is 1. The van der Waals surface area contributed by atoms with E-state index >= 15 is 0 Å². The molecule has 1 aromatic carbocycles. The molecule has 5 nitrogen and oxygen atoms in total. The summed E-state index contributed by atoms with van der Waals surface area (Å²) in [4.78, 5) is 31.3. The van der Waals surface area contributed by atoms with Crippen LogP contribution in [0.1, 0.15) is 40.7 Å². The number of hydrogen-bond acceptors (Lipinski definition) is 6. The van der Waals surface area contributed by atoms with Gasteiger partial charge in [-0.1, -0.05) is 29.0 Å². The molecular weight excluding hydrogens is 414 g/mol. The van der Waals surface area contributed by atoms with E-state index in [1.165, 1.54) is 5.39 Å². The molecule has 3 aromatic rings. The minimum atomic E-state index is 0.0127. The highest BCUT2D eigenvalue weighted by Crippen LogP contribution is 2.48. The Labute approximate surface area is 184 Å². The minimum absolute atomic E-state index is 0.0127. The number of pyridine rings is 1. The Bertz CT molecular complexity index is 1100. The first-order chi connectivity index (χ1) is 14.4. The average Bonchev–Trinajstić information content (AvgIpc) is 3.04. The number of nitrogens with zero attached hydrogens (tertiary/aromatic N) is 2. The third-order valence-electron chi connectivity index (χ3n) is 5.85. The number of fused-ring (bicyclic) bond motifs is 2. The maximum Gasteiger partial charge on any atom is 0.209 e. The molecule has 0 aliphatic carbocycles. The molecule has 0 radical (unpaired) electrons. The van der Waals surface area contributed by atoms with Gasteiger partial charge in [0.15, 0.2) is 5.78 Å². The highest BCUT2D eigenvalue weighted by atomic mass is 32.2. The molecule has 0 bridgehead atoms. The summed E-state index contributed by atoms with van der Waals surface area (Å²) in [5.74, 6) is 0.261. The van der Waals surface area contributed by atoms with Gasteiger partial charge in [0.25, 0.3) is 0 Å². The van der Waals surface area contributed by atoms with E-state index in [9.17, 15) is 9.59 Å². The number of carbonyl (C=O) groups excluding carboxylic acids is 2. The molecule has 4 heterocycles. The number of anilines is 1. The van der Waals surface area contributed by atoms with Gasteiger partial charge in [-0.25, -0.2) is 4.98 Å². The molecule has 0 saturated carbocycles. The molecule has 5 rings (SSSR count). The van der Waals surface area contributed by atoms with Crippen molar-refractivity contribution in [2.24, 2.45) is 0 Å². The highest BCUT2D eigenvalue weighted by Gasteiger charge is 2.41. The van der Waals surface area contributed by atoms with E-state index < -0.39 is 0 Å². The fraction of sp³-hybridized carbons (Fsp3) is 0.348. The van der Waals surface area contributed by atoms with E-state index in [0.29, 0.717) is 6.42 Å². The summed E-state index contributed by atoms with van der Waals surface area (Å²) in [7, 11) is 0. The largest absolute Gasteiger partial charge is 0.390 e. The fourth-order valence-electron chi connectivity index (χ4n) is 3.99. The van der Waals surface area contributed by atoms with Crippen molar-refractivity contribution in [3.8, 4) is 0 Å². The zero-order valence-electron chi connectivity index (χ0n) is 17.2. The van der Waals surface area contributed by atoms with Crippen molar-refractivity contribution in [2.75, 3.05) is 18.8 Å². The first kappa shape index (κ1) is 20.9. The van der Waals surface area contributed by atoms with Gasteiger partial charge in [0.05, 0.1) is 5.00 Å². The van der Waals surface area contributed by atoms with Crippen molar-refractivity contribution in [1.29, 1.82) is 0 Å². The molecule has 2 aliphatic heterocycles. The van der Waals surface area contributed by atoms with Gasteiger partial charge in [0.2, 0.25) is 6.41 Å². The van der Waals surface area contributed by atoms with Gasteiger partial charge >= 0.3 is 0 Å². The zero-order chi connectivity index (χ0) is 21.3. The maximum atomic E-state index is 12.4. The summed E-state index contributed by atoms with van der Waals surface area (Å²) < 4.78 is 0.0127. The van der Waals surface area contributed by atoms with E-state index in [-0.39, 0.29) is 10.5 Å². The molecule has 2 N–H and O–H groups in total. The lowest BCUT2D eigenvalue weighted by Crippen LogP contribution is -2.44. The Morgan fingerprint density at radius 3 is 2.67 bits per heavy atom. The van der Waals surface area contributed by atoms with Crippen LogP contribution < -0.4 is 5.73 Å². The van der Waals surface area contributed by atoms with Crippen LogP contribution in [0.4, 0.5) is 5.00 Å². The molecule has 156 valence electrons. The number of nitrogens with two attached hydrogens (primary N) is 1. The van der Waals surface area contributed by atoms with Gasteiger partial charge < -0.3 is 10.6 Å². The number of carbonyl (C=O) groups is 2. The predicted octanol–water partition coefficient (Wildman–Crippen LogP) is 4.85. The van der Waals surface area contributed by atoms with Crippen LogP contribution in [0.3, 0.4) is 0 Å². The van der Waals surface area contributed by atoms with Gasteiger partial charge in [0, 0.05) is 46.3 Å². The summed E-state index contributed by atoms with van der Waals surface area (Å²) >= 11 is 3.39. The van der Waals surface area contributed by atoms with Crippen LogP contribution in [0.5, 0.6) is 0 Å². The number of aryl methyl sites for hydroxylation is 2. The maximum absolute atomic E-state index is 12.4. The van der Waals surface area contributed by atoms with Crippen LogP contribution in [-0.2, 0) is 4.79 Å². The van der Waals surface area contributed by atoms with Gasteiger partial charge in [0.1, 0.15) is 4.83 Å². The number of piperidine rings is 1. The first-order valence-corrected chi connectivity index (χ1v) is 11.7. The van der Waals surface area contributed by atoms with Crippen LogP contribution in [0.25, 0.3) is 10.2 Å². The summed E-state index contributed by atoms with van der Waals surface area (Å²) in [6, 6.07) is 10.1. The summed E-state index contributed by atoms with van der Waals surface area (Å²) in [5.41, 5.74) is 8.90. The number of nitrogen functional groups attached to an aromatic ring is 1. The monoisotopic (exact) mass is 439 g/mol. The summed E-state index contributed by atoms with van der Waals surface area (Å²) in [5, 5.41) is 2.05. The SMILES string of the molecule is Cc1c(N)sc2ncccc12.Cc1ccc2c(c1)C(=O)CC1(CCN(C=O)CC1)S2. The number of aromatic nitrogens is 1.